The molecule has 4 unspecified atom stereocenters. The van der Waals surface area contributed by atoms with Crippen LogP contribution in [-0.2, 0) is 55.5 Å². The molecule has 30 nitrogen and oxygen atoms in total. The van der Waals surface area contributed by atoms with Crippen molar-refractivity contribution in [3.05, 3.63) is 23.0 Å². The molecule has 12 atom stereocenters. The van der Waals surface area contributed by atoms with Gasteiger partial charge in [-0.2, -0.15) is 28.7 Å². The first-order valence-corrected chi connectivity index (χ1v) is 22.5. The molecule has 316 valence electrons. The van der Waals surface area contributed by atoms with Gasteiger partial charge in [0.05, 0.1) is 13.4 Å². The lowest BCUT2D eigenvalue weighted by Gasteiger charge is -2.34. The van der Waals surface area contributed by atoms with Crippen LogP contribution in [0.25, 0.3) is 22.3 Å². The van der Waals surface area contributed by atoms with Gasteiger partial charge in [0.15, 0.2) is 18.2 Å². The van der Waals surface area contributed by atoms with Crippen molar-refractivity contribution in [1.82, 2.24) is 34.1 Å². The number of phosphoric acid groups is 3. The molecule has 4 aromatic rings. The number of methoxy groups -OCH3 is 1. The Morgan fingerprint density at radius 3 is 2.21 bits per heavy atom. The maximum Gasteiger partial charge on any atom is 0.481 e. The number of aliphatic hydroxyl groups is 3. The molecule has 0 aliphatic carbocycles. The van der Waals surface area contributed by atoms with Gasteiger partial charge in [-0.3, -0.25) is 18.9 Å². The number of hydrogen-bond acceptors (Lipinski definition) is 27. The van der Waals surface area contributed by atoms with Crippen molar-refractivity contribution in [2.24, 2.45) is 7.05 Å². The minimum absolute atomic E-state index is 0.00706. The van der Waals surface area contributed by atoms with E-state index in [0.29, 0.717) is 0 Å². The standard InChI is InChI=1S/C22H32N10O20P4S/c1-30-6-32(16-10(30)18(37)29-22(24)27-16)20-14(45-2)12(34)8(49-20)4-47-54(40,41)51-56(44,57)52-55(42,43)50-53(38,39)46-3-7-11(33)13(35)19(48-7)31-5-25-9-15(31)26-21(23)28-17(9)36/h5-8,11-14,19-20,33-35H,3-4H2,1-2H3,(H9-,23,24,26,27,28,29,36,37,38,39,40,41,42,43,44,57)/p-1/t7-,8-,11-,12-,13-,14-,19-,20-,56?/m1/s1. The Kier molecular flexibility index (Phi) is 12.6. The van der Waals surface area contributed by atoms with Gasteiger partial charge in [-0.25, -0.2) is 14.5 Å². The first-order valence-electron chi connectivity index (χ1n) is 15.4. The molecule has 0 amide bonds. The minimum atomic E-state index is -6.09. The average molecular weight is 912 g/mol. The number of nitrogens with zero attached hydrogens (tertiary/aromatic N) is 7. The lowest BCUT2D eigenvalue weighted by Crippen LogP contribution is -2.47. The van der Waals surface area contributed by atoms with Crippen LogP contribution in [0.1, 0.15) is 12.5 Å². The zero-order valence-electron chi connectivity index (χ0n) is 28.6. The fourth-order valence-electron chi connectivity index (χ4n) is 5.78. The summed E-state index contributed by atoms with van der Waals surface area (Å²) in [6, 6.07) is 0. The highest BCUT2D eigenvalue weighted by Crippen LogP contribution is 2.77. The van der Waals surface area contributed by atoms with Crippen LogP contribution in [0.15, 0.2) is 17.4 Å². The minimum Gasteiger partial charge on any atom is -0.857 e. The van der Waals surface area contributed by atoms with Gasteiger partial charge >= 0.3 is 30.2 Å². The molecule has 2 fully saturated rings. The first kappa shape index (κ1) is 44.2. The number of aliphatic hydroxyl groups excluding tert-OH is 3. The third kappa shape index (κ3) is 9.51. The summed E-state index contributed by atoms with van der Waals surface area (Å²) < 4.78 is 41.8. The van der Waals surface area contributed by atoms with E-state index in [0.717, 1.165) is 10.9 Å². The number of anilines is 2. The summed E-state index contributed by atoms with van der Waals surface area (Å²) in [4.78, 5) is 110. The summed E-state index contributed by atoms with van der Waals surface area (Å²) in [6.45, 7) is -2.15. The second kappa shape index (κ2) is 16.3. The molecule has 0 spiro atoms. The predicted molar refractivity (Wildman–Crippen MR) is 179 cm³/mol. The number of ether oxygens (including phenoxy) is 3. The van der Waals surface area contributed by atoms with Crippen molar-refractivity contribution in [1.29, 1.82) is 0 Å². The third-order valence-electron chi connectivity index (χ3n) is 8.08. The van der Waals surface area contributed by atoms with Crippen LogP contribution in [0.5, 0.6) is 5.88 Å². The SMILES string of the molecule is CO[C@@H]1[C@H](O)[C@@H](CO[P+]([O-])(O)O[P+]([O-])([S-])O[P+]([O-])(O)O[P+]([O-])(O)OC[C@H]2O[C@@H](n3cnc4c([O-])nc(N)nc43)[C@H](O)[C@@H]2O)O[C@H]1[n+]1cn(C)c2c(=O)[nH]c(N)nc21. The number of nitrogens with one attached hydrogen (secondary N) is 1. The molecule has 0 radical (unpaired) electrons. The number of aromatic amines is 1. The molecule has 2 aliphatic heterocycles. The molecule has 6 rings (SSSR count). The van der Waals surface area contributed by atoms with Crippen LogP contribution in [0.4, 0.5) is 11.9 Å². The van der Waals surface area contributed by atoms with Crippen LogP contribution >= 0.6 is 31.7 Å². The molecule has 57 heavy (non-hydrogen) atoms. The van der Waals surface area contributed by atoms with E-state index in [9.17, 15) is 59.5 Å². The van der Waals surface area contributed by atoms with Gasteiger partial charge in [0.1, 0.15) is 55.4 Å². The van der Waals surface area contributed by atoms with Gasteiger partial charge in [-0.1, -0.05) is 4.98 Å². The number of aromatic nitrogens is 8. The number of H-pyrrole nitrogens is 1. The molecule has 6 heterocycles. The van der Waals surface area contributed by atoms with E-state index in [4.69, 9.17) is 30.2 Å². The highest BCUT2D eigenvalue weighted by molar-refractivity contribution is 8.36. The molecular weight excluding hydrogens is 880 g/mol. The Labute approximate surface area is 324 Å². The molecule has 11 N–H and O–H groups in total. The van der Waals surface area contributed by atoms with Crippen LogP contribution in [0, 0.1) is 0 Å². The highest BCUT2D eigenvalue weighted by Gasteiger charge is 2.56. The van der Waals surface area contributed by atoms with Crippen LogP contribution in [0.2, 0.25) is 0 Å². The topological polar surface area (TPSA) is 461 Å². The zero-order chi connectivity index (χ0) is 42.0. The molecule has 4 aromatic heterocycles. The van der Waals surface area contributed by atoms with E-state index >= 15 is 0 Å². The molecule has 2 aliphatic rings. The number of nitrogen functional groups attached to an aromatic ring is 2. The van der Waals surface area contributed by atoms with E-state index in [2.05, 4.69) is 54.6 Å². The van der Waals surface area contributed by atoms with Crippen LogP contribution < -0.4 is 46.3 Å². The summed E-state index contributed by atoms with van der Waals surface area (Å²) >= 11 is 4.37. The lowest BCUT2D eigenvalue weighted by atomic mass is 10.1. The molecule has 0 bridgehead atoms. The van der Waals surface area contributed by atoms with E-state index in [-0.39, 0.29) is 28.3 Å². The molecule has 2 saturated heterocycles. The normalized spacial score (nSPS) is 29.7. The zero-order valence-corrected chi connectivity index (χ0v) is 33.0. The van der Waals surface area contributed by atoms with Crippen LogP contribution in [0.3, 0.4) is 0 Å². The number of phosphoric ester groups is 2. The Morgan fingerprint density at radius 2 is 1.56 bits per heavy atom. The fourth-order valence-corrected chi connectivity index (χ4v) is 12.2. The molecule has 0 saturated carbocycles. The number of aryl methyl sites for hydroxylation is 1. The largest absolute Gasteiger partial charge is 0.857 e. The van der Waals surface area contributed by atoms with E-state index in [1.54, 1.807) is 0 Å². The second-order valence-electron chi connectivity index (χ2n) is 12.0. The quantitative estimate of drug-likeness (QED) is 0.0304. The average Bonchev–Trinajstić information content (AvgIpc) is 3.80. The van der Waals surface area contributed by atoms with Crippen molar-refractivity contribution in [2.45, 2.75) is 49.1 Å². The van der Waals surface area contributed by atoms with Crippen molar-refractivity contribution >= 4 is 78.1 Å². The van der Waals surface area contributed by atoms with Crippen molar-refractivity contribution < 1.29 is 95.4 Å². The number of nitrogens with two attached hydrogens (primary N) is 2. The number of hydrogen-bond donors (Lipinski definition) is 9. The van der Waals surface area contributed by atoms with Gasteiger partial charge in [-0.05, 0) is 8.62 Å². The van der Waals surface area contributed by atoms with Gasteiger partial charge in [0, 0.05) is 17.3 Å². The molecular formula is C22H31N10O20P4S-. The van der Waals surface area contributed by atoms with Gasteiger partial charge in [-0.15, -0.1) is 0 Å². The smallest absolute Gasteiger partial charge is 0.481 e. The van der Waals surface area contributed by atoms with Gasteiger partial charge in [0.25, 0.3) is 11.5 Å². The van der Waals surface area contributed by atoms with Gasteiger partial charge in [0.2, 0.25) is 24.8 Å². The Bertz CT molecular complexity index is 2160. The fraction of sp³-hybridized carbons (Fsp3) is 0.545. The highest BCUT2D eigenvalue weighted by atomic mass is 32.7. The Balaban J connectivity index is 1.03. The van der Waals surface area contributed by atoms with E-state index in [1.165, 1.54) is 29.6 Å². The van der Waals surface area contributed by atoms with Crippen LogP contribution in [-0.4, -0.2) is 121 Å². The van der Waals surface area contributed by atoms with Crippen molar-refractivity contribution in [3.8, 4) is 5.88 Å². The van der Waals surface area contributed by atoms with Gasteiger partial charge < -0.3 is 77.9 Å². The Morgan fingerprint density at radius 1 is 0.947 bits per heavy atom. The maximum atomic E-state index is 12.7. The van der Waals surface area contributed by atoms with Crippen molar-refractivity contribution in [3.63, 3.8) is 0 Å². The second-order valence-corrected chi connectivity index (χ2v) is 19.5. The molecule has 35 heteroatoms. The monoisotopic (exact) mass is 911 g/mol. The number of imidazole rings is 2. The maximum absolute atomic E-state index is 12.7. The molecule has 0 aromatic carbocycles. The summed E-state index contributed by atoms with van der Waals surface area (Å²) in [5, 5.41) is 43.8. The third-order valence-corrected chi connectivity index (χ3v) is 15.1. The predicted octanol–water partition coefficient (Wildman–Crippen LogP) is -7.72. The lowest BCUT2D eigenvalue weighted by molar-refractivity contribution is -0.746. The summed E-state index contributed by atoms with van der Waals surface area (Å²) in [7, 11) is -20.5. The Hall–Kier alpha value is -2.35. The summed E-state index contributed by atoms with van der Waals surface area (Å²) in [6.07, 6.45) is -10.1. The summed E-state index contributed by atoms with van der Waals surface area (Å²) in [5.74, 6) is -1.56. The number of fused-ring (bicyclic) bond motifs is 2. The van der Waals surface area contributed by atoms with Crippen molar-refractivity contribution in [2.75, 3.05) is 31.8 Å². The first-order chi connectivity index (χ1) is 26.4. The van der Waals surface area contributed by atoms with E-state index in [1.807, 2.05) is 0 Å². The summed E-state index contributed by atoms with van der Waals surface area (Å²) in [5.41, 5.74) is 10.1. The van der Waals surface area contributed by atoms with E-state index < -0.39 is 111 Å². The number of rotatable bonds is 15.